The Morgan fingerprint density at radius 2 is 2.00 bits per heavy atom. The Bertz CT molecular complexity index is 290. The van der Waals surface area contributed by atoms with Gasteiger partial charge in [-0.25, -0.2) is 0 Å². The highest BCUT2D eigenvalue weighted by Gasteiger charge is 1.99. The van der Waals surface area contributed by atoms with Gasteiger partial charge < -0.3 is 14.6 Å². The number of ether oxygens (including phenoxy) is 2. The van der Waals surface area contributed by atoms with Gasteiger partial charge in [-0.1, -0.05) is 6.58 Å². The molecule has 0 aromatic heterocycles. The quantitative estimate of drug-likeness (QED) is 0.725. The van der Waals surface area contributed by atoms with E-state index in [9.17, 15) is 0 Å². The molecule has 0 saturated carbocycles. The molecule has 0 saturated heterocycles. The average Bonchev–Trinajstić information content (AvgIpc) is 2.26. The van der Waals surface area contributed by atoms with Crippen LogP contribution in [0.25, 0.3) is 5.76 Å². The van der Waals surface area contributed by atoms with E-state index in [0.717, 1.165) is 11.3 Å². The first-order chi connectivity index (χ1) is 6.77. The number of aliphatic hydroxyl groups is 1. The molecule has 1 N–H and O–H groups in total. The molecule has 1 aromatic carbocycles. The van der Waals surface area contributed by atoms with Crippen molar-refractivity contribution in [1.29, 1.82) is 0 Å². The zero-order valence-electron chi connectivity index (χ0n) is 8.19. The Labute approximate surface area is 83.6 Å². The zero-order valence-corrected chi connectivity index (χ0v) is 8.19. The second-order valence-electron chi connectivity index (χ2n) is 2.72. The van der Waals surface area contributed by atoms with Gasteiger partial charge in [0, 0.05) is 5.56 Å². The lowest BCUT2D eigenvalue weighted by Gasteiger charge is -2.08. The third-order valence-electron chi connectivity index (χ3n) is 1.78. The molecule has 14 heavy (non-hydrogen) atoms. The summed E-state index contributed by atoms with van der Waals surface area (Å²) >= 11 is 0. The summed E-state index contributed by atoms with van der Waals surface area (Å²) in [5, 5.41) is 8.56. The minimum Gasteiger partial charge on any atom is -0.497 e. The summed E-state index contributed by atoms with van der Waals surface area (Å²) in [5.74, 6) is 1.35. The van der Waals surface area contributed by atoms with Gasteiger partial charge in [0.1, 0.15) is 18.1 Å². The van der Waals surface area contributed by atoms with Gasteiger partial charge in [0.25, 0.3) is 0 Å². The Balaban J connectivity index is 2.62. The van der Waals surface area contributed by atoms with Crippen LogP contribution in [0.4, 0.5) is 0 Å². The van der Waals surface area contributed by atoms with Crippen molar-refractivity contribution in [3.05, 3.63) is 36.4 Å². The Kier molecular flexibility index (Phi) is 4.01. The summed E-state index contributed by atoms with van der Waals surface area (Å²) in [5.41, 5.74) is 0.888. The van der Waals surface area contributed by atoms with Crippen molar-refractivity contribution in [3.8, 4) is 5.75 Å². The monoisotopic (exact) mass is 194 g/mol. The highest BCUT2D eigenvalue weighted by atomic mass is 16.5. The van der Waals surface area contributed by atoms with Crippen molar-refractivity contribution in [3.63, 3.8) is 0 Å². The van der Waals surface area contributed by atoms with Crippen LogP contribution in [0.5, 0.6) is 5.75 Å². The van der Waals surface area contributed by atoms with Crippen LogP contribution < -0.4 is 4.74 Å². The molecule has 0 radical (unpaired) electrons. The van der Waals surface area contributed by atoms with Crippen molar-refractivity contribution in [2.45, 2.75) is 0 Å². The van der Waals surface area contributed by atoms with E-state index in [4.69, 9.17) is 14.6 Å². The number of rotatable bonds is 5. The molecule has 1 rings (SSSR count). The van der Waals surface area contributed by atoms with E-state index in [0.29, 0.717) is 5.76 Å². The number of hydrogen-bond acceptors (Lipinski definition) is 3. The van der Waals surface area contributed by atoms with E-state index in [1.165, 1.54) is 0 Å². The molecular formula is C11H14O3. The fourth-order valence-electron chi connectivity index (χ4n) is 1.03. The molecule has 3 nitrogen and oxygen atoms in total. The van der Waals surface area contributed by atoms with Crippen molar-refractivity contribution in [2.24, 2.45) is 0 Å². The molecule has 0 heterocycles. The van der Waals surface area contributed by atoms with Gasteiger partial charge in [0.2, 0.25) is 0 Å². The van der Waals surface area contributed by atoms with Crippen LogP contribution in [0.2, 0.25) is 0 Å². The fourth-order valence-corrected chi connectivity index (χ4v) is 1.03. The highest BCUT2D eigenvalue weighted by Crippen LogP contribution is 2.17. The van der Waals surface area contributed by atoms with E-state index < -0.39 is 0 Å². The standard InChI is InChI=1S/C11H14O3/c1-9(14-8-7-12)10-3-5-11(13-2)6-4-10/h3-6,12H,1,7-8H2,2H3. The van der Waals surface area contributed by atoms with Crippen LogP contribution in [-0.2, 0) is 4.74 Å². The lowest BCUT2D eigenvalue weighted by Crippen LogP contribution is -1.97. The maximum atomic E-state index is 8.56. The van der Waals surface area contributed by atoms with Gasteiger partial charge in [0.15, 0.2) is 0 Å². The Morgan fingerprint density at radius 1 is 1.36 bits per heavy atom. The molecule has 0 atom stereocenters. The lowest BCUT2D eigenvalue weighted by molar-refractivity contribution is 0.181. The molecule has 0 aliphatic carbocycles. The molecule has 0 fully saturated rings. The number of hydrogen-bond donors (Lipinski definition) is 1. The SMILES string of the molecule is C=C(OCCO)c1ccc(OC)cc1. The van der Waals surface area contributed by atoms with Crippen LogP contribution >= 0.6 is 0 Å². The molecule has 0 spiro atoms. The van der Waals surface area contributed by atoms with Gasteiger partial charge in [-0.15, -0.1) is 0 Å². The van der Waals surface area contributed by atoms with Gasteiger partial charge in [-0.05, 0) is 24.3 Å². The van der Waals surface area contributed by atoms with E-state index in [1.54, 1.807) is 7.11 Å². The minimum absolute atomic E-state index is 0.00479. The van der Waals surface area contributed by atoms with Crippen molar-refractivity contribution < 1.29 is 14.6 Å². The molecular weight excluding hydrogens is 180 g/mol. The fraction of sp³-hybridized carbons (Fsp3) is 0.273. The van der Waals surface area contributed by atoms with Crippen molar-refractivity contribution >= 4 is 5.76 Å². The van der Waals surface area contributed by atoms with Gasteiger partial charge >= 0.3 is 0 Å². The van der Waals surface area contributed by atoms with Crippen molar-refractivity contribution in [1.82, 2.24) is 0 Å². The number of aliphatic hydroxyl groups excluding tert-OH is 1. The first-order valence-electron chi connectivity index (χ1n) is 4.35. The minimum atomic E-state index is -0.00479. The Morgan fingerprint density at radius 3 is 2.50 bits per heavy atom. The lowest BCUT2D eigenvalue weighted by atomic mass is 10.2. The summed E-state index contributed by atoms with van der Waals surface area (Å²) in [6, 6.07) is 7.39. The van der Waals surface area contributed by atoms with E-state index >= 15 is 0 Å². The maximum absolute atomic E-state index is 8.56. The number of benzene rings is 1. The average molecular weight is 194 g/mol. The van der Waals surface area contributed by atoms with Crippen LogP contribution in [-0.4, -0.2) is 25.4 Å². The summed E-state index contributed by atoms with van der Waals surface area (Å²) in [4.78, 5) is 0. The molecule has 0 bridgehead atoms. The first-order valence-corrected chi connectivity index (χ1v) is 4.35. The molecule has 0 amide bonds. The van der Waals surface area contributed by atoms with Crippen LogP contribution in [0.3, 0.4) is 0 Å². The second-order valence-corrected chi connectivity index (χ2v) is 2.72. The smallest absolute Gasteiger partial charge is 0.119 e. The van der Waals surface area contributed by atoms with Crippen LogP contribution in [0.15, 0.2) is 30.8 Å². The number of methoxy groups -OCH3 is 1. The Hall–Kier alpha value is -1.48. The van der Waals surface area contributed by atoms with Crippen LogP contribution in [0.1, 0.15) is 5.56 Å². The normalized spacial score (nSPS) is 9.57. The predicted octanol–water partition coefficient (Wildman–Crippen LogP) is 1.67. The van der Waals surface area contributed by atoms with Gasteiger partial charge in [-0.3, -0.25) is 0 Å². The summed E-state index contributed by atoms with van der Waals surface area (Å²) in [6.07, 6.45) is 0. The molecule has 1 aromatic rings. The topological polar surface area (TPSA) is 38.7 Å². The molecule has 76 valence electrons. The van der Waals surface area contributed by atoms with Gasteiger partial charge in [0.05, 0.1) is 13.7 Å². The van der Waals surface area contributed by atoms with E-state index in [1.807, 2.05) is 24.3 Å². The van der Waals surface area contributed by atoms with Crippen molar-refractivity contribution in [2.75, 3.05) is 20.3 Å². The first kappa shape index (κ1) is 10.6. The maximum Gasteiger partial charge on any atom is 0.119 e. The van der Waals surface area contributed by atoms with E-state index in [2.05, 4.69) is 6.58 Å². The second kappa shape index (κ2) is 5.29. The third kappa shape index (κ3) is 2.78. The summed E-state index contributed by atoms with van der Waals surface area (Å²) < 4.78 is 10.2. The molecule has 0 unspecified atom stereocenters. The molecule has 0 aliphatic rings. The predicted molar refractivity (Wildman–Crippen MR) is 55.1 cm³/mol. The highest BCUT2D eigenvalue weighted by molar-refractivity contribution is 5.58. The third-order valence-corrected chi connectivity index (χ3v) is 1.78. The van der Waals surface area contributed by atoms with E-state index in [-0.39, 0.29) is 13.2 Å². The zero-order chi connectivity index (χ0) is 10.4. The summed E-state index contributed by atoms with van der Waals surface area (Å²) in [6.45, 7) is 4.01. The molecule has 3 heteroatoms. The summed E-state index contributed by atoms with van der Waals surface area (Å²) in [7, 11) is 1.62. The van der Waals surface area contributed by atoms with Gasteiger partial charge in [-0.2, -0.15) is 0 Å². The van der Waals surface area contributed by atoms with Crippen LogP contribution in [0, 0.1) is 0 Å². The largest absolute Gasteiger partial charge is 0.497 e. The molecule has 0 aliphatic heterocycles.